The number of carbonyl (C=O) groups is 1. The van der Waals surface area contributed by atoms with Crippen molar-refractivity contribution in [1.82, 2.24) is 4.90 Å². The Balaban J connectivity index is 1.96. The van der Waals surface area contributed by atoms with Gasteiger partial charge in [-0.2, -0.15) is 13.2 Å². The molecule has 1 aromatic carbocycles. The summed E-state index contributed by atoms with van der Waals surface area (Å²) in [6, 6.07) is 6.75. The fourth-order valence-electron chi connectivity index (χ4n) is 2.67. The zero-order valence-electron chi connectivity index (χ0n) is 12.8. The normalized spacial score (nSPS) is 21.4. The molecule has 0 saturated carbocycles. The number of likely N-dealkylation sites (tertiary alicyclic amines) is 1. The summed E-state index contributed by atoms with van der Waals surface area (Å²) in [5.74, 6) is -1.61. The Hall–Kier alpha value is -1.56. The quantitative estimate of drug-likeness (QED) is 0.924. The van der Waals surface area contributed by atoms with Gasteiger partial charge in [0.15, 0.2) is 0 Å². The molecule has 0 bridgehead atoms. The lowest BCUT2D eigenvalue weighted by Crippen LogP contribution is -2.49. The second kappa shape index (κ2) is 6.69. The lowest BCUT2D eigenvalue weighted by Gasteiger charge is -2.36. The van der Waals surface area contributed by atoms with Crippen molar-refractivity contribution in [2.45, 2.75) is 38.9 Å². The average molecular weight is 314 g/mol. The number of aryl methyl sites for hydroxylation is 1. The Morgan fingerprint density at radius 1 is 1.32 bits per heavy atom. The summed E-state index contributed by atoms with van der Waals surface area (Å²) in [6.07, 6.45) is -3.58. The molecule has 2 rings (SSSR count). The third-order valence-electron chi connectivity index (χ3n) is 4.16. The van der Waals surface area contributed by atoms with Crippen molar-refractivity contribution in [3.63, 3.8) is 0 Å². The van der Waals surface area contributed by atoms with Gasteiger partial charge in [-0.25, -0.2) is 0 Å². The molecule has 22 heavy (non-hydrogen) atoms. The molecule has 2 atom stereocenters. The SMILES string of the molecule is Cc1ccc(NC(=O)[C@@H](C)N2CCC[C@H](C(F)(F)F)C2)cc1. The van der Waals surface area contributed by atoms with E-state index in [1.807, 2.05) is 19.1 Å². The Morgan fingerprint density at radius 2 is 1.95 bits per heavy atom. The van der Waals surface area contributed by atoms with Gasteiger partial charge in [0.2, 0.25) is 5.91 Å². The number of hydrogen-bond acceptors (Lipinski definition) is 2. The van der Waals surface area contributed by atoms with Crippen LogP contribution in [0.25, 0.3) is 0 Å². The third kappa shape index (κ3) is 4.22. The molecule has 0 radical (unpaired) electrons. The van der Waals surface area contributed by atoms with Gasteiger partial charge in [-0.3, -0.25) is 9.69 Å². The summed E-state index contributed by atoms with van der Waals surface area (Å²) in [7, 11) is 0. The maximum atomic E-state index is 12.8. The molecular weight excluding hydrogens is 293 g/mol. The Bertz CT molecular complexity index is 513. The average Bonchev–Trinajstić information content (AvgIpc) is 2.48. The van der Waals surface area contributed by atoms with Gasteiger partial charge in [-0.15, -0.1) is 0 Å². The Morgan fingerprint density at radius 3 is 2.55 bits per heavy atom. The van der Waals surface area contributed by atoms with Crippen LogP contribution in [0.2, 0.25) is 0 Å². The summed E-state index contributed by atoms with van der Waals surface area (Å²) in [4.78, 5) is 13.8. The number of halogens is 3. The van der Waals surface area contributed by atoms with E-state index in [0.29, 0.717) is 18.7 Å². The first-order valence-electron chi connectivity index (χ1n) is 7.45. The number of amides is 1. The predicted octanol–water partition coefficient (Wildman–Crippen LogP) is 3.60. The number of piperidine rings is 1. The first-order valence-corrected chi connectivity index (χ1v) is 7.45. The highest BCUT2D eigenvalue weighted by molar-refractivity contribution is 5.94. The number of nitrogens with one attached hydrogen (secondary N) is 1. The van der Waals surface area contributed by atoms with E-state index >= 15 is 0 Å². The molecule has 122 valence electrons. The molecule has 1 amide bonds. The molecule has 1 saturated heterocycles. The van der Waals surface area contributed by atoms with E-state index in [4.69, 9.17) is 0 Å². The zero-order valence-corrected chi connectivity index (χ0v) is 12.8. The van der Waals surface area contributed by atoms with Crippen LogP contribution in [0.4, 0.5) is 18.9 Å². The Labute approximate surface area is 128 Å². The molecule has 1 aromatic rings. The van der Waals surface area contributed by atoms with Crippen LogP contribution in [0, 0.1) is 12.8 Å². The van der Waals surface area contributed by atoms with Gasteiger partial charge < -0.3 is 5.32 Å². The van der Waals surface area contributed by atoms with E-state index in [1.165, 1.54) is 0 Å². The molecule has 1 fully saturated rings. The van der Waals surface area contributed by atoms with Gasteiger partial charge in [0, 0.05) is 12.2 Å². The predicted molar refractivity (Wildman–Crippen MR) is 79.6 cm³/mol. The molecule has 0 aromatic heterocycles. The summed E-state index contributed by atoms with van der Waals surface area (Å²) < 4.78 is 38.5. The summed E-state index contributed by atoms with van der Waals surface area (Å²) in [6.45, 7) is 4.02. The van der Waals surface area contributed by atoms with E-state index in [-0.39, 0.29) is 18.9 Å². The minimum atomic E-state index is -4.19. The second-order valence-corrected chi connectivity index (χ2v) is 5.91. The van der Waals surface area contributed by atoms with Gasteiger partial charge in [-0.05, 0) is 45.4 Å². The maximum Gasteiger partial charge on any atom is 0.393 e. The van der Waals surface area contributed by atoms with Gasteiger partial charge in [0.1, 0.15) is 0 Å². The number of anilines is 1. The van der Waals surface area contributed by atoms with Crippen LogP contribution in [-0.4, -0.2) is 36.1 Å². The fourth-order valence-corrected chi connectivity index (χ4v) is 2.67. The molecule has 0 aliphatic carbocycles. The highest BCUT2D eigenvalue weighted by atomic mass is 19.4. The molecule has 1 aliphatic heterocycles. The van der Waals surface area contributed by atoms with Crippen LogP contribution >= 0.6 is 0 Å². The van der Waals surface area contributed by atoms with Crippen molar-refractivity contribution in [3.05, 3.63) is 29.8 Å². The van der Waals surface area contributed by atoms with Crippen molar-refractivity contribution in [2.75, 3.05) is 18.4 Å². The molecule has 1 heterocycles. The van der Waals surface area contributed by atoms with Crippen molar-refractivity contribution in [3.8, 4) is 0 Å². The standard InChI is InChI=1S/C16H21F3N2O/c1-11-5-7-14(8-6-11)20-15(22)12(2)21-9-3-4-13(10-21)16(17,18)19/h5-8,12-13H,3-4,9-10H2,1-2H3,(H,20,22)/t12-,13+/m1/s1. The van der Waals surface area contributed by atoms with Gasteiger partial charge in [0.05, 0.1) is 12.0 Å². The summed E-state index contributed by atoms with van der Waals surface area (Å²) in [5.41, 5.74) is 1.74. The van der Waals surface area contributed by atoms with Crippen molar-refractivity contribution >= 4 is 11.6 Å². The molecule has 3 nitrogen and oxygen atoms in total. The van der Waals surface area contributed by atoms with Gasteiger partial charge in [-0.1, -0.05) is 17.7 Å². The fraction of sp³-hybridized carbons (Fsp3) is 0.562. The number of nitrogens with zero attached hydrogens (tertiary/aromatic N) is 1. The van der Waals surface area contributed by atoms with Crippen molar-refractivity contribution in [2.24, 2.45) is 5.92 Å². The highest BCUT2D eigenvalue weighted by Gasteiger charge is 2.43. The second-order valence-electron chi connectivity index (χ2n) is 5.91. The minimum Gasteiger partial charge on any atom is -0.325 e. The zero-order chi connectivity index (χ0) is 16.3. The van der Waals surface area contributed by atoms with Crippen LogP contribution < -0.4 is 5.32 Å². The van der Waals surface area contributed by atoms with E-state index in [9.17, 15) is 18.0 Å². The molecule has 0 spiro atoms. The molecule has 1 aliphatic rings. The summed E-state index contributed by atoms with van der Waals surface area (Å²) >= 11 is 0. The van der Waals surface area contributed by atoms with Gasteiger partial charge >= 0.3 is 6.18 Å². The number of hydrogen-bond donors (Lipinski definition) is 1. The van der Waals surface area contributed by atoms with Crippen LogP contribution in [0.5, 0.6) is 0 Å². The van der Waals surface area contributed by atoms with Crippen molar-refractivity contribution < 1.29 is 18.0 Å². The number of carbonyl (C=O) groups excluding carboxylic acids is 1. The lowest BCUT2D eigenvalue weighted by atomic mass is 9.96. The number of alkyl halides is 3. The van der Waals surface area contributed by atoms with E-state index < -0.39 is 18.1 Å². The van der Waals surface area contributed by atoms with Crippen molar-refractivity contribution in [1.29, 1.82) is 0 Å². The van der Waals surface area contributed by atoms with E-state index in [2.05, 4.69) is 5.32 Å². The van der Waals surface area contributed by atoms with Crippen LogP contribution in [0.15, 0.2) is 24.3 Å². The first-order chi connectivity index (χ1) is 10.3. The first kappa shape index (κ1) is 16.8. The molecular formula is C16H21F3N2O. The number of benzene rings is 1. The molecule has 6 heteroatoms. The highest BCUT2D eigenvalue weighted by Crippen LogP contribution is 2.33. The molecule has 1 N–H and O–H groups in total. The monoisotopic (exact) mass is 314 g/mol. The maximum absolute atomic E-state index is 12.8. The lowest BCUT2D eigenvalue weighted by molar-refractivity contribution is -0.188. The number of rotatable bonds is 3. The summed E-state index contributed by atoms with van der Waals surface area (Å²) in [5, 5.41) is 2.76. The van der Waals surface area contributed by atoms with Crippen LogP contribution in [0.1, 0.15) is 25.3 Å². The van der Waals surface area contributed by atoms with Gasteiger partial charge in [0.25, 0.3) is 0 Å². The van der Waals surface area contributed by atoms with Crippen LogP contribution in [-0.2, 0) is 4.79 Å². The topological polar surface area (TPSA) is 32.3 Å². The minimum absolute atomic E-state index is 0.105. The molecule has 0 unspecified atom stereocenters. The van der Waals surface area contributed by atoms with E-state index in [0.717, 1.165) is 5.56 Å². The Kier molecular flexibility index (Phi) is 5.11. The van der Waals surface area contributed by atoms with E-state index in [1.54, 1.807) is 24.0 Å². The van der Waals surface area contributed by atoms with Crippen LogP contribution in [0.3, 0.4) is 0 Å². The smallest absolute Gasteiger partial charge is 0.325 e. The largest absolute Gasteiger partial charge is 0.393 e. The third-order valence-corrected chi connectivity index (χ3v) is 4.16.